The average molecular weight is 310 g/mol. The fraction of sp³-hybridized carbons (Fsp3) is 0.833. The van der Waals surface area contributed by atoms with Crippen LogP contribution in [0.25, 0.3) is 0 Å². The second kappa shape index (κ2) is 11.4. The summed E-state index contributed by atoms with van der Waals surface area (Å²) >= 11 is 0. The summed E-state index contributed by atoms with van der Waals surface area (Å²) < 4.78 is 14.1. The molecule has 3 atom stereocenters. The Morgan fingerprint density at radius 3 is 2.14 bits per heavy atom. The van der Waals surface area contributed by atoms with Gasteiger partial charge in [-0.1, -0.05) is 0 Å². The Balaban J connectivity index is 4.32. The first-order chi connectivity index (χ1) is 9.92. The van der Waals surface area contributed by atoms with E-state index in [1.54, 1.807) is 0 Å². The van der Waals surface area contributed by atoms with Crippen LogP contribution in [0.4, 0.5) is 0 Å². The predicted octanol–water partition coefficient (Wildman–Crippen LogP) is -2.08. The van der Waals surface area contributed by atoms with E-state index in [9.17, 15) is 14.7 Å². The lowest BCUT2D eigenvalue weighted by atomic mass is 10.1. The Labute approximate surface area is 122 Å². The number of hydrogen-bond donors (Lipinski definition) is 4. The van der Waals surface area contributed by atoms with E-state index in [1.165, 1.54) is 6.92 Å². The summed E-state index contributed by atoms with van der Waals surface area (Å²) in [5, 5.41) is 35.6. The van der Waals surface area contributed by atoms with E-state index in [0.29, 0.717) is 0 Å². The van der Waals surface area contributed by atoms with Crippen LogP contribution in [-0.2, 0) is 23.8 Å². The lowest BCUT2D eigenvalue weighted by Gasteiger charge is -2.18. The minimum Gasteiger partial charge on any atom is -0.461 e. The number of carbonyl (C=O) groups excluding carboxylic acids is 2. The summed E-state index contributed by atoms with van der Waals surface area (Å²) in [6, 6.07) is 0. The van der Waals surface area contributed by atoms with E-state index in [0.717, 1.165) is 0 Å². The second-order valence-corrected chi connectivity index (χ2v) is 4.10. The van der Waals surface area contributed by atoms with Gasteiger partial charge in [0.1, 0.15) is 6.61 Å². The molecule has 0 saturated heterocycles. The van der Waals surface area contributed by atoms with Gasteiger partial charge in [0, 0.05) is 0 Å². The maximum Gasteiger partial charge on any atom is 0.337 e. The van der Waals surface area contributed by atoms with E-state index in [-0.39, 0.29) is 39.3 Å². The molecule has 0 radical (unpaired) electrons. The largest absolute Gasteiger partial charge is 0.461 e. The van der Waals surface area contributed by atoms with Gasteiger partial charge in [-0.25, -0.2) is 9.59 Å². The molecule has 0 aliphatic rings. The third-order valence-corrected chi connectivity index (χ3v) is 2.27. The second-order valence-electron chi connectivity index (χ2n) is 4.10. The fourth-order valence-electron chi connectivity index (χ4n) is 1.38. The van der Waals surface area contributed by atoms with Crippen LogP contribution in [0.5, 0.6) is 0 Å². The number of aliphatic hydroxyl groups is 4. The summed E-state index contributed by atoms with van der Waals surface area (Å²) in [6.45, 7) is 0.236. The van der Waals surface area contributed by atoms with Gasteiger partial charge in [0.2, 0.25) is 0 Å². The molecule has 0 rings (SSSR count). The van der Waals surface area contributed by atoms with Crippen molar-refractivity contribution in [1.82, 2.24) is 0 Å². The number of ether oxygens (including phenoxy) is 3. The van der Waals surface area contributed by atoms with Gasteiger partial charge in [-0.3, -0.25) is 0 Å². The molecule has 1 unspecified atom stereocenters. The highest BCUT2D eigenvalue weighted by Gasteiger charge is 2.25. The van der Waals surface area contributed by atoms with Crippen molar-refractivity contribution in [3.63, 3.8) is 0 Å². The van der Waals surface area contributed by atoms with Crippen molar-refractivity contribution in [3.8, 4) is 0 Å². The van der Waals surface area contributed by atoms with Crippen molar-refractivity contribution in [2.24, 2.45) is 0 Å². The molecule has 0 aromatic heterocycles. The van der Waals surface area contributed by atoms with Crippen molar-refractivity contribution >= 4 is 11.9 Å². The zero-order valence-electron chi connectivity index (χ0n) is 11.8. The molecule has 4 N–H and O–H groups in total. The number of rotatable bonds is 11. The van der Waals surface area contributed by atoms with Crippen LogP contribution >= 0.6 is 0 Å². The molecule has 0 spiro atoms. The Hall–Kier alpha value is -1.26. The quantitative estimate of drug-likeness (QED) is 0.250. The lowest BCUT2D eigenvalue weighted by Crippen LogP contribution is -2.32. The topological polar surface area (TPSA) is 143 Å². The molecule has 9 heteroatoms. The van der Waals surface area contributed by atoms with Crippen LogP contribution < -0.4 is 0 Å². The maximum absolute atomic E-state index is 11.6. The van der Waals surface area contributed by atoms with Gasteiger partial charge in [0.25, 0.3) is 0 Å². The molecule has 0 aromatic rings. The molecular weight excluding hydrogens is 288 g/mol. The van der Waals surface area contributed by atoms with Gasteiger partial charge in [-0.15, -0.1) is 0 Å². The number of carbonyl (C=O) groups is 2. The standard InChI is InChI=1S/C12H22O9/c1-8(15)21-11(17)9(16)2-3-10(19-6-4-13)12(18)20-7-5-14/h8-10,13-16H,2-7H2,1H3/t8?,9-,10+/m1/s1. The van der Waals surface area contributed by atoms with Crippen LogP contribution in [0, 0.1) is 0 Å². The van der Waals surface area contributed by atoms with Crippen molar-refractivity contribution in [3.05, 3.63) is 0 Å². The summed E-state index contributed by atoms with van der Waals surface area (Å²) in [4.78, 5) is 22.9. The first kappa shape index (κ1) is 19.7. The molecule has 0 fully saturated rings. The molecule has 0 bridgehead atoms. The summed E-state index contributed by atoms with van der Waals surface area (Å²) in [7, 11) is 0. The Morgan fingerprint density at radius 2 is 1.62 bits per heavy atom. The van der Waals surface area contributed by atoms with Crippen LogP contribution in [0.15, 0.2) is 0 Å². The maximum atomic E-state index is 11.6. The monoisotopic (exact) mass is 310 g/mol. The van der Waals surface area contributed by atoms with Gasteiger partial charge in [0.15, 0.2) is 18.5 Å². The van der Waals surface area contributed by atoms with Gasteiger partial charge < -0.3 is 34.6 Å². The summed E-state index contributed by atoms with van der Waals surface area (Å²) in [6.07, 6.45) is -4.16. The first-order valence-electron chi connectivity index (χ1n) is 6.49. The van der Waals surface area contributed by atoms with Gasteiger partial charge >= 0.3 is 11.9 Å². The molecule has 124 valence electrons. The van der Waals surface area contributed by atoms with Crippen molar-refractivity contribution in [2.75, 3.05) is 26.4 Å². The van der Waals surface area contributed by atoms with Gasteiger partial charge in [-0.05, 0) is 19.8 Å². The van der Waals surface area contributed by atoms with E-state index in [2.05, 4.69) is 9.47 Å². The fourth-order valence-corrected chi connectivity index (χ4v) is 1.38. The van der Waals surface area contributed by atoms with Gasteiger partial charge in [0.05, 0.1) is 19.8 Å². The van der Waals surface area contributed by atoms with Crippen molar-refractivity contribution in [2.45, 2.75) is 38.3 Å². The molecule has 0 heterocycles. The predicted molar refractivity (Wildman–Crippen MR) is 67.9 cm³/mol. The molecular formula is C12H22O9. The molecule has 9 nitrogen and oxygen atoms in total. The third kappa shape index (κ3) is 9.32. The van der Waals surface area contributed by atoms with Gasteiger partial charge in [-0.2, -0.15) is 0 Å². The van der Waals surface area contributed by atoms with Crippen LogP contribution in [-0.4, -0.2) is 77.3 Å². The van der Waals surface area contributed by atoms with Crippen molar-refractivity contribution < 1.29 is 44.2 Å². The molecule has 0 amide bonds. The zero-order valence-corrected chi connectivity index (χ0v) is 11.8. The third-order valence-electron chi connectivity index (χ3n) is 2.27. The molecule has 21 heavy (non-hydrogen) atoms. The molecule has 0 aliphatic heterocycles. The number of aliphatic hydroxyl groups excluding tert-OH is 4. The molecule has 0 saturated carbocycles. The zero-order chi connectivity index (χ0) is 16.3. The Kier molecular flexibility index (Phi) is 10.7. The SMILES string of the molecule is CC(O)OC(=O)[C@H](O)CC[C@H](OCCO)C(=O)OCCO. The van der Waals surface area contributed by atoms with Crippen LogP contribution in [0.1, 0.15) is 19.8 Å². The Morgan fingerprint density at radius 1 is 1.00 bits per heavy atom. The van der Waals surface area contributed by atoms with Crippen LogP contribution in [0.3, 0.4) is 0 Å². The highest BCUT2D eigenvalue weighted by atomic mass is 16.6. The van der Waals surface area contributed by atoms with E-state index in [1.807, 2.05) is 0 Å². The first-order valence-corrected chi connectivity index (χ1v) is 6.49. The summed E-state index contributed by atoms with van der Waals surface area (Å²) in [5.41, 5.74) is 0. The lowest BCUT2D eigenvalue weighted by molar-refractivity contribution is -0.176. The van der Waals surface area contributed by atoms with Crippen molar-refractivity contribution in [1.29, 1.82) is 0 Å². The molecule has 0 aromatic carbocycles. The summed E-state index contributed by atoms with van der Waals surface area (Å²) in [5.74, 6) is -1.79. The van der Waals surface area contributed by atoms with E-state index in [4.69, 9.17) is 20.1 Å². The highest BCUT2D eigenvalue weighted by Crippen LogP contribution is 2.09. The van der Waals surface area contributed by atoms with Crippen LogP contribution in [0.2, 0.25) is 0 Å². The number of esters is 2. The average Bonchev–Trinajstić information content (AvgIpc) is 2.43. The highest BCUT2D eigenvalue weighted by molar-refractivity contribution is 5.76. The minimum absolute atomic E-state index is 0.0552. The van der Waals surface area contributed by atoms with E-state index < -0.39 is 30.4 Å². The normalized spacial score (nSPS) is 15.1. The van der Waals surface area contributed by atoms with E-state index >= 15 is 0 Å². The Bertz CT molecular complexity index is 305. The smallest absolute Gasteiger partial charge is 0.337 e. The molecule has 0 aliphatic carbocycles. The number of hydrogen-bond acceptors (Lipinski definition) is 9. The minimum atomic E-state index is -1.52.